The van der Waals surface area contributed by atoms with E-state index in [4.69, 9.17) is 8.92 Å². The molecule has 1 atom stereocenters. The van der Waals surface area contributed by atoms with Crippen molar-refractivity contribution in [2.24, 2.45) is 0 Å². The average Bonchev–Trinajstić information content (AvgIpc) is 3.14. The Balaban J connectivity index is 1.43. The maximum atomic E-state index is 15.0. The predicted molar refractivity (Wildman–Crippen MR) is 127 cm³/mol. The van der Waals surface area contributed by atoms with E-state index in [9.17, 15) is 22.0 Å². The van der Waals surface area contributed by atoms with Gasteiger partial charge in [-0.15, -0.1) is 0 Å². The van der Waals surface area contributed by atoms with E-state index in [2.05, 4.69) is 0 Å². The van der Waals surface area contributed by atoms with Crippen LogP contribution in [0.3, 0.4) is 0 Å². The largest absolute Gasteiger partial charge is 0.441 e. The van der Waals surface area contributed by atoms with Crippen molar-refractivity contribution in [3.8, 4) is 0 Å². The van der Waals surface area contributed by atoms with E-state index >= 15 is 0 Å². The van der Waals surface area contributed by atoms with Crippen LogP contribution in [0.2, 0.25) is 0 Å². The van der Waals surface area contributed by atoms with Crippen molar-refractivity contribution in [3.05, 3.63) is 53.6 Å². The summed E-state index contributed by atoms with van der Waals surface area (Å²) in [6.07, 6.45) is -0.0741. The molecule has 2 aromatic rings. The molecular weight excluding hydrogens is 486 g/mol. The van der Waals surface area contributed by atoms with Gasteiger partial charge in [0.25, 0.3) is 10.1 Å². The van der Waals surface area contributed by atoms with E-state index in [-0.39, 0.29) is 22.8 Å². The highest BCUT2D eigenvalue weighted by Crippen LogP contribution is 2.32. The van der Waals surface area contributed by atoms with Crippen LogP contribution in [-0.4, -0.2) is 58.4 Å². The predicted octanol–water partition coefficient (Wildman–Crippen LogP) is 4.34. The Hall–Kier alpha value is -2.37. The first-order valence-corrected chi connectivity index (χ1v) is 13.6. The zero-order valence-electron chi connectivity index (χ0n) is 18.7. The van der Waals surface area contributed by atoms with Gasteiger partial charge in [-0.3, -0.25) is 9.08 Å². The van der Waals surface area contributed by atoms with Crippen molar-refractivity contribution < 1.29 is 30.9 Å². The molecule has 0 spiro atoms. The van der Waals surface area contributed by atoms with Crippen molar-refractivity contribution >= 4 is 39.3 Å². The molecule has 2 aliphatic rings. The number of halogens is 2. The summed E-state index contributed by atoms with van der Waals surface area (Å²) in [6.45, 7) is 2.44. The van der Waals surface area contributed by atoms with Crippen LogP contribution in [-0.2, 0) is 19.0 Å². The Morgan fingerprint density at radius 2 is 1.71 bits per heavy atom. The zero-order chi connectivity index (χ0) is 24.3. The third kappa shape index (κ3) is 5.64. The quantitative estimate of drug-likeness (QED) is 0.533. The number of ether oxygens (including phenoxy) is 1. The van der Waals surface area contributed by atoms with Crippen molar-refractivity contribution in [2.45, 2.75) is 30.8 Å². The van der Waals surface area contributed by atoms with Crippen LogP contribution in [0.25, 0.3) is 0 Å². The molecule has 2 heterocycles. The second kappa shape index (κ2) is 10.5. The van der Waals surface area contributed by atoms with Gasteiger partial charge in [-0.05, 0) is 43.4 Å². The minimum atomic E-state index is -4.04. The van der Waals surface area contributed by atoms with Crippen molar-refractivity contribution in [1.82, 2.24) is 0 Å². The van der Waals surface area contributed by atoms with Crippen LogP contribution in [0.5, 0.6) is 0 Å². The van der Waals surface area contributed by atoms with Crippen molar-refractivity contribution in [2.75, 3.05) is 47.5 Å². The molecule has 2 aromatic carbocycles. The molecule has 184 valence electrons. The fourth-order valence-corrected chi connectivity index (χ4v) is 5.73. The van der Waals surface area contributed by atoms with Gasteiger partial charge in [-0.25, -0.2) is 13.6 Å². The summed E-state index contributed by atoms with van der Waals surface area (Å²) in [7, 11) is -4.04. The molecule has 0 aliphatic carbocycles. The maximum Gasteiger partial charge on any atom is 0.414 e. The lowest BCUT2D eigenvalue weighted by Crippen LogP contribution is -2.30. The maximum absolute atomic E-state index is 15.0. The molecule has 0 unspecified atom stereocenters. The lowest BCUT2D eigenvalue weighted by Gasteiger charge is -2.28. The fourth-order valence-electron chi connectivity index (χ4n) is 3.92. The summed E-state index contributed by atoms with van der Waals surface area (Å²) in [5.74, 6) is 0.386. The molecule has 4 rings (SSSR count). The van der Waals surface area contributed by atoms with Gasteiger partial charge in [-0.2, -0.15) is 20.2 Å². The summed E-state index contributed by atoms with van der Waals surface area (Å²) in [5.41, 5.74) is 0.817. The van der Waals surface area contributed by atoms with E-state index in [1.165, 1.54) is 12.1 Å². The number of carbonyl (C=O) groups excluding carboxylic acids is 1. The number of nitrogens with zero attached hydrogens (tertiary/aromatic N) is 2. The minimum Gasteiger partial charge on any atom is -0.441 e. The fraction of sp³-hybridized carbons (Fsp3) is 0.435. The molecule has 0 bridgehead atoms. The molecule has 11 heteroatoms. The number of aryl methyl sites for hydroxylation is 1. The molecule has 0 radical (unpaired) electrons. The minimum absolute atomic E-state index is 0.00948. The first kappa shape index (κ1) is 24.7. The Labute approximate surface area is 202 Å². The van der Waals surface area contributed by atoms with Gasteiger partial charge >= 0.3 is 6.09 Å². The lowest BCUT2D eigenvalue weighted by atomic mass is 10.2. The number of hydrogen-bond acceptors (Lipinski definition) is 7. The number of carbonyl (C=O) groups is 1. The topological polar surface area (TPSA) is 76.2 Å². The normalized spacial score (nSPS) is 19.6. The molecule has 7 nitrogen and oxygen atoms in total. The van der Waals surface area contributed by atoms with E-state index in [1.807, 2.05) is 18.7 Å². The smallest absolute Gasteiger partial charge is 0.414 e. The Kier molecular flexibility index (Phi) is 7.63. The molecule has 2 saturated heterocycles. The van der Waals surface area contributed by atoms with Crippen LogP contribution in [0.4, 0.5) is 25.0 Å². The van der Waals surface area contributed by atoms with E-state index in [1.54, 1.807) is 17.0 Å². The molecule has 2 fully saturated rings. The van der Waals surface area contributed by atoms with Gasteiger partial charge in [0.1, 0.15) is 18.4 Å². The van der Waals surface area contributed by atoms with Gasteiger partial charge in [0.15, 0.2) is 11.6 Å². The monoisotopic (exact) mass is 512 g/mol. The molecule has 34 heavy (non-hydrogen) atoms. The van der Waals surface area contributed by atoms with Crippen LogP contribution in [0.15, 0.2) is 41.3 Å². The third-order valence-corrected chi connectivity index (χ3v) is 8.11. The van der Waals surface area contributed by atoms with E-state index in [0.717, 1.165) is 46.9 Å². The highest BCUT2D eigenvalue weighted by atomic mass is 32.2. The second-order valence-corrected chi connectivity index (χ2v) is 11.1. The molecule has 0 N–H and O–H groups in total. The van der Waals surface area contributed by atoms with Gasteiger partial charge in [-0.1, -0.05) is 17.7 Å². The van der Waals surface area contributed by atoms with E-state index in [0.29, 0.717) is 13.1 Å². The first-order chi connectivity index (χ1) is 16.2. The SMILES string of the molecule is Cc1ccc(S(=O)(=O)OC[C@H]2CN(c3cc(F)c(N4CCCSCCC4)c(F)c3)C(=O)O2)cc1. The summed E-state index contributed by atoms with van der Waals surface area (Å²) < 4.78 is 64.9. The number of anilines is 2. The summed E-state index contributed by atoms with van der Waals surface area (Å²) in [6, 6.07) is 8.36. The van der Waals surface area contributed by atoms with Crippen LogP contribution in [0.1, 0.15) is 18.4 Å². The van der Waals surface area contributed by atoms with Crippen LogP contribution >= 0.6 is 11.8 Å². The van der Waals surface area contributed by atoms with Gasteiger partial charge < -0.3 is 9.64 Å². The summed E-state index contributed by atoms with van der Waals surface area (Å²) in [4.78, 5) is 15.1. The van der Waals surface area contributed by atoms with Crippen molar-refractivity contribution in [3.63, 3.8) is 0 Å². The molecule has 2 aliphatic heterocycles. The standard InChI is InChI=1S/C23H26F2N2O5S2/c1-16-4-6-19(7-5-16)34(29,30)31-15-18-14-27(23(28)32-18)17-12-20(24)22(21(25)13-17)26-8-2-10-33-11-3-9-26/h4-7,12-13,18H,2-3,8-11,14-15H2,1H3/t18-/m1/s1. The Morgan fingerprint density at radius 3 is 2.32 bits per heavy atom. The zero-order valence-corrected chi connectivity index (χ0v) is 20.3. The molecule has 1 amide bonds. The Bertz CT molecular complexity index is 1110. The Morgan fingerprint density at radius 1 is 1.09 bits per heavy atom. The molecular formula is C23H26F2N2O5S2. The lowest BCUT2D eigenvalue weighted by molar-refractivity contribution is 0.107. The van der Waals surface area contributed by atoms with Gasteiger partial charge in [0.2, 0.25) is 0 Å². The number of cyclic esters (lactones) is 1. The van der Waals surface area contributed by atoms with Crippen molar-refractivity contribution in [1.29, 1.82) is 0 Å². The molecule has 0 saturated carbocycles. The van der Waals surface area contributed by atoms with Gasteiger partial charge in [0.05, 0.1) is 17.1 Å². The first-order valence-electron chi connectivity index (χ1n) is 11.0. The molecule has 0 aromatic heterocycles. The summed E-state index contributed by atoms with van der Waals surface area (Å²) >= 11 is 1.84. The van der Waals surface area contributed by atoms with Gasteiger partial charge in [0, 0.05) is 25.2 Å². The van der Waals surface area contributed by atoms with Crippen LogP contribution in [0, 0.1) is 18.6 Å². The second-order valence-electron chi connectivity index (χ2n) is 8.23. The average molecular weight is 513 g/mol. The number of rotatable bonds is 6. The number of benzene rings is 2. The van der Waals surface area contributed by atoms with Crippen LogP contribution < -0.4 is 9.80 Å². The number of thioether (sulfide) groups is 1. The highest BCUT2D eigenvalue weighted by Gasteiger charge is 2.35. The highest BCUT2D eigenvalue weighted by molar-refractivity contribution is 7.99. The summed E-state index contributed by atoms with van der Waals surface area (Å²) in [5, 5.41) is 0. The number of amides is 1. The number of hydrogen-bond donors (Lipinski definition) is 0. The third-order valence-electron chi connectivity index (χ3n) is 5.66. The van der Waals surface area contributed by atoms with E-state index < -0.39 is 40.6 Å².